The van der Waals surface area contributed by atoms with Gasteiger partial charge in [0.2, 0.25) is 0 Å². The fourth-order valence-corrected chi connectivity index (χ4v) is 1.16. The molecule has 0 aliphatic heterocycles. The van der Waals surface area contributed by atoms with Gasteiger partial charge in [0.25, 0.3) is 0 Å². The Bertz CT molecular complexity index is 274. The van der Waals surface area contributed by atoms with Crippen LogP contribution in [-0.2, 0) is 6.42 Å². The number of halogens is 1. The quantitative estimate of drug-likeness (QED) is 0.758. The van der Waals surface area contributed by atoms with Gasteiger partial charge in [-0.05, 0) is 24.1 Å². The van der Waals surface area contributed by atoms with Gasteiger partial charge < -0.3 is 9.84 Å². The third kappa shape index (κ3) is 3.15. The van der Waals surface area contributed by atoms with Crippen LogP contribution in [0.25, 0.3) is 0 Å². The van der Waals surface area contributed by atoms with Crippen LogP contribution in [-0.4, -0.2) is 17.6 Å². The van der Waals surface area contributed by atoms with Gasteiger partial charge in [-0.25, -0.2) is 0 Å². The van der Waals surface area contributed by atoms with E-state index in [2.05, 4.69) is 0 Å². The second kappa shape index (κ2) is 4.97. The van der Waals surface area contributed by atoms with Crippen molar-refractivity contribution in [3.05, 3.63) is 23.8 Å². The van der Waals surface area contributed by atoms with Crippen molar-refractivity contribution in [1.82, 2.24) is 0 Å². The van der Waals surface area contributed by atoms with E-state index in [0.29, 0.717) is 18.2 Å². The smallest absolute Gasteiger partial charge is 0.123 e. The molecule has 0 aromatic heterocycles. The monoisotopic (exact) mass is 200 g/mol. The van der Waals surface area contributed by atoms with Crippen molar-refractivity contribution >= 4 is 11.6 Å². The Morgan fingerprint density at radius 2 is 2.15 bits per heavy atom. The molecule has 0 atom stereocenters. The van der Waals surface area contributed by atoms with Crippen LogP contribution in [0.2, 0.25) is 0 Å². The van der Waals surface area contributed by atoms with Gasteiger partial charge in [0.1, 0.15) is 18.1 Å². The fraction of sp³-hybridized carbons (Fsp3) is 0.400. The highest BCUT2D eigenvalue weighted by Crippen LogP contribution is 2.21. The number of hydrogen-bond donors (Lipinski definition) is 1. The molecule has 3 heteroatoms. The first kappa shape index (κ1) is 10.2. The average Bonchev–Trinajstić information content (AvgIpc) is 2.14. The Kier molecular flexibility index (Phi) is 3.90. The van der Waals surface area contributed by atoms with Gasteiger partial charge in [-0.3, -0.25) is 0 Å². The first-order valence-electron chi connectivity index (χ1n) is 4.28. The Balaban J connectivity index is 2.76. The van der Waals surface area contributed by atoms with Crippen molar-refractivity contribution in [1.29, 1.82) is 0 Å². The van der Waals surface area contributed by atoms with E-state index in [4.69, 9.17) is 16.3 Å². The molecule has 0 saturated heterocycles. The molecule has 0 bridgehead atoms. The number of aromatic hydroxyl groups is 1. The molecule has 0 aliphatic carbocycles. The molecule has 0 radical (unpaired) electrons. The lowest BCUT2D eigenvalue weighted by atomic mass is 10.1. The molecule has 0 fully saturated rings. The highest BCUT2D eigenvalue weighted by atomic mass is 35.5. The van der Waals surface area contributed by atoms with E-state index in [0.717, 1.165) is 12.0 Å². The molecule has 1 aromatic carbocycles. The third-order valence-electron chi connectivity index (χ3n) is 1.71. The Morgan fingerprint density at radius 1 is 1.38 bits per heavy atom. The number of phenols is 1. The normalized spacial score (nSPS) is 10.0. The number of rotatable bonds is 4. The zero-order valence-corrected chi connectivity index (χ0v) is 8.34. The molecule has 13 heavy (non-hydrogen) atoms. The molecule has 1 N–H and O–H groups in total. The van der Waals surface area contributed by atoms with E-state index in [1.165, 1.54) is 0 Å². The SMILES string of the molecule is CCc1cc(O)cc(OCCCl)c1. The Morgan fingerprint density at radius 3 is 2.77 bits per heavy atom. The summed E-state index contributed by atoms with van der Waals surface area (Å²) in [5.41, 5.74) is 1.06. The maximum absolute atomic E-state index is 9.31. The van der Waals surface area contributed by atoms with Gasteiger partial charge in [-0.2, -0.15) is 0 Å². The standard InChI is InChI=1S/C10H13ClO2/c1-2-8-5-9(12)7-10(6-8)13-4-3-11/h5-7,12H,2-4H2,1H3. The summed E-state index contributed by atoms with van der Waals surface area (Å²) in [5.74, 6) is 1.37. The number of benzene rings is 1. The number of aryl methyl sites for hydroxylation is 1. The van der Waals surface area contributed by atoms with Crippen LogP contribution in [0.5, 0.6) is 11.5 Å². The van der Waals surface area contributed by atoms with Crippen LogP contribution >= 0.6 is 11.6 Å². The van der Waals surface area contributed by atoms with Crippen LogP contribution in [0.3, 0.4) is 0 Å². The molecular formula is C10H13ClO2. The molecule has 1 rings (SSSR count). The predicted octanol–water partition coefficient (Wildman–Crippen LogP) is 2.57. The molecule has 2 nitrogen and oxygen atoms in total. The van der Waals surface area contributed by atoms with Crippen LogP contribution in [0.1, 0.15) is 12.5 Å². The van der Waals surface area contributed by atoms with Crippen molar-refractivity contribution in [2.24, 2.45) is 0 Å². The topological polar surface area (TPSA) is 29.5 Å². The highest BCUT2D eigenvalue weighted by Gasteiger charge is 1.99. The zero-order chi connectivity index (χ0) is 9.68. The lowest BCUT2D eigenvalue weighted by Crippen LogP contribution is -1.98. The molecule has 72 valence electrons. The van der Waals surface area contributed by atoms with Gasteiger partial charge >= 0.3 is 0 Å². The van der Waals surface area contributed by atoms with E-state index < -0.39 is 0 Å². The fourth-order valence-electron chi connectivity index (χ4n) is 1.09. The Labute approximate surface area is 83.1 Å². The highest BCUT2D eigenvalue weighted by molar-refractivity contribution is 6.17. The maximum atomic E-state index is 9.31. The summed E-state index contributed by atoms with van der Waals surface area (Å²) in [6.45, 7) is 2.49. The lowest BCUT2D eigenvalue weighted by Gasteiger charge is -2.06. The summed E-state index contributed by atoms with van der Waals surface area (Å²) in [6.07, 6.45) is 0.881. The van der Waals surface area contributed by atoms with E-state index in [1.807, 2.05) is 13.0 Å². The summed E-state index contributed by atoms with van der Waals surface area (Å²) in [6, 6.07) is 5.23. The number of phenolic OH excluding ortho intramolecular Hbond substituents is 1. The van der Waals surface area contributed by atoms with E-state index >= 15 is 0 Å². The van der Waals surface area contributed by atoms with Crippen molar-refractivity contribution in [2.75, 3.05) is 12.5 Å². The first-order chi connectivity index (χ1) is 6.26. The van der Waals surface area contributed by atoms with Crippen LogP contribution in [0, 0.1) is 0 Å². The molecule has 0 saturated carbocycles. The molecular weight excluding hydrogens is 188 g/mol. The van der Waals surface area contributed by atoms with E-state index in [1.54, 1.807) is 12.1 Å². The molecule has 1 aromatic rings. The van der Waals surface area contributed by atoms with Gasteiger partial charge in [0, 0.05) is 6.07 Å². The van der Waals surface area contributed by atoms with Crippen molar-refractivity contribution in [2.45, 2.75) is 13.3 Å². The predicted molar refractivity (Wildman–Crippen MR) is 53.7 cm³/mol. The lowest BCUT2D eigenvalue weighted by molar-refractivity contribution is 0.340. The first-order valence-corrected chi connectivity index (χ1v) is 4.81. The summed E-state index contributed by atoms with van der Waals surface area (Å²) in [7, 11) is 0. The van der Waals surface area contributed by atoms with Gasteiger partial charge in [-0.1, -0.05) is 6.92 Å². The average molecular weight is 201 g/mol. The minimum atomic E-state index is 0.240. The largest absolute Gasteiger partial charge is 0.508 e. The van der Waals surface area contributed by atoms with Gasteiger partial charge in [0.15, 0.2) is 0 Å². The minimum Gasteiger partial charge on any atom is -0.508 e. The van der Waals surface area contributed by atoms with Crippen molar-refractivity contribution in [3.8, 4) is 11.5 Å². The zero-order valence-electron chi connectivity index (χ0n) is 7.59. The van der Waals surface area contributed by atoms with Crippen LogP contribution in [0.4, 0.5) is 0 Å². The summed E-state index contributed by atoms with van der Waals surface area (Å²) in [4.78, 5) is 0. The second-order valence-corrected chi connectivity index (χ2v) is 3.10. The maximum Gasteiger partial charge on any atom is 0.123 e. The summed E-state index contributed by atoms with van der Waals surface area (Å²) in [5, 5.41) is 9.31. The van der Waals surface area contributed by atoms with Crippen molar-refractivity contribution in [3.63, 3.8) is 0 Å². The molecule has 0 unspecified atom stereocenters. The molecule has 0 amide bonds. The molecule has 0 aliphatic rings. The number of ether oxygens (including phenoxy) is 1. The van der Waals surface area contributed by atoms with Gasteiger partial charge in [0.05, 0.1) is 5.88 Å². The number of hydrogen-bond acceptors (Lipinski definition) is 2. The summed E-state index contributed by atoms with van der Waals surface area (Å²) < 4.78 is 5.29. The van der Waals surface area contributed by atoms with E-state index in [9.17, 15) is 5.11 Å². The third-order valence-corrected chi connectivity index (χ3v) is 1.86. The second-order valence-electron chi connectivity index (χ2n) is 2.73. The van der Waals surface area contributed by atoms with Crippen LogP contribution < -0.4 is 4.74 Å². The summed E-state index contributed by atoms with van der Waals surface area (Å²) >= 11 is 5.48. The minimum absolute atomic E-state index is 0.240. The Hall–Kier alpha value is -0.890. The van der Waals surface area contributed by atoms with Gasteiger partial charge in [-0.15, -0.1) is 11.6 Å². The van der Waals surface area contributed by atoms with E-state index in [-0.39, 0.29) is 5.75 Å². The molecule has 0 heterocycles. The van der Waals surface area contributed by atoms with Crippen molar-refractivity contribution < 1.29 is 9.84 Å². The van der Waals surface area contributed by atoms with Crippen LogP contribution in [0.15, 0.2) is 18.2 Å². The number of alkyl halides is 1. The molecule has 0 spiro atoms.